The fourth-order valence-corrected chi connectivity index (χ4v) is 4.45. The average Bonchev–Trinajstić information content (AvgIpc) is 2.79. The van der Waals surface area contributed by atoms with Crippen LogP contribution < -0.4 is 19.6 Å². The van der Waals surface area contributed by atoms with Gasteiger partial charge in [0.2, 0.25) is 0 Å². The second kappa shape index (κ2) is 11.5. The van der Waals surface area contributed by atoms with E-state index in [1.54, 1.807) is 24.4 Å². The second-order valence-corrected chi connectivity index (χ2v) is 9.12. The van der Waals surface area contributed by atoms with Crippen LogP contribution in [0.4, 0.5) is 0 Å². The maximum atomic E-state index is 12.4. The molecule has 0 fully saturated rings. The Labute approximate surface area is 211 Å². The van der Waals surface area contributed by atoms with Crippen molar-refractivity contribution in [2.45, 2.75) is 6.61 Å². The Balaban J connectivity index is 1.64. The summed E-state index contributed by atoms with van der Waals surface area (Å²) >= 11 is 10.5. The Morgan fingerprint density at radius 1 is 0.938 bits per heavy atom. The van der Waals surface area contributed by atoms with Crippen LogP contribution in [0.1, 0.15) is 21.5 Å². The lowest BCUT2D eigenvalue weighted by molar-refractivity contribution is 0.0954. The summed E-state index contributed by atoms with van der Waals surface area (Å²) in [6.45, 7) is 0.430. The molecule has 0 saturated carbocycles. The molecule has 0 heterocycles. The molecule has 166 valence electrons. The van der Waals surface area contributed by atoms with Crippen molar-refractivity contribution in [3.8, 4) is 17.2 Å². The van der Waals surface area contributed by atoms with Gasteiger partial charge in [0.25, 0.3) is 5.91 Å². The predicted octanol–water partition coefficient (Wildman–Crippen LogP) is 6.33. The molecule has 0 spiro atoms. The predicted molar refractivity (Wildman–Crippen MR) is 135 cm³/mol. The van der Waals surface area contributed by atoms with E-state index in [1.807, 2.05) is 36.4 Å². The molecule has 1 N–H and O–H groups in total. The molecule has 32 heavy (non-hydrogen) atoms. The molecule has 6 nitrogen and oxygen atoms in total. The molecule has 3 rings (SSSR count). The Hall–Kier alpha value is -2.36. The number of hydrogen-bond acceptors (Lipinski definition) is 5. The summed E-state index contributed by atoms with van der Waals surface area (Å²) in [5.74, 6) is 1.33. The number of benzene rings is 3. The van der Waals surface area contributed by atoms with Crippen molar-refractivity contribution >= 4 is 59.9 Å². The Bertz CT molecular complexity index is 1110. The normalized spacial score (nSPS) is 10.8. The minimum Gasteiger partial charge on any atom is -0.493 e. The summed E-state index contributed by atoms with van der Waals surface area (Å²) in [5.41, 5.74) is 4.73. The highest BCUT2D eigenvalue weighted by molar-refractivity contribution is 9.11. The van der Waals surface area contributed by atoms with Gasteiger partial charge in [0, 0.05) is 10.0 Å². The Morgan fingerprint density at radius 3 is 2.22 bits per heavy atom. The summed E-state index contributed by atoms with van der Waals surface area (Å²) in [6, 6.07) is 16.5. The molecule has 0 atom stereocenters. The fourth-order valence-electron chi connectivity index (χ4n) is 2.74. The number of carbonyl (C=O) groups is 1. The molecular weight excluding hydrogens is 608 g/mol. The van der Waals surface area contributed by atoms with E-state index in [1.165, 1.54) is 14.2 Å². The summed E-state index contributed by atoms with van der Waals surface area (Å²) < 4.78 is 18.9. The molecule has 3 aromatic carbocycles. The van der Waals surface area contributed by atoms with E-state index in [0.29, 0.717) is 29.4 Å². The van der Waals surface area contributed by atoms with Crippen molar-refractivity contribution in [2.24, 2.45) is 5.10 Å². The Morgan fingerprint density at radius 2 is 1.59 bits per heavy atom. The molecule has 0 aliphatic heterocycles. The van der Waals surface area contributed by atoms with Crippen LogP contribution in [0.2, 0.25) is 0 Å². The monoisotopic (exact) mass is 624 g/mol. The molecule has 0 unspecified atom stereocenters. The quantitative estimate of drug-likeness (QED) is 0.234. The van der Waals surface area contributed by atoms with E-state index < -0.39 is 0 Å². The molecule has 1 amide bonds. The topological polar surface area (TPSA) is 69.2 Å². The van der Waals surface area contributed by atoms with Crippen molar-refractivity contribution in [1.82, 2.24) is 5.43 Å². The first-order valence-electron chi connectivity index (χ1n) is 9.33. The van der Waals surface area contributed by atoms with Gasteiger partial charge in [-0.1, -0.05) is 28.1 Å². The number of rotatable bonds is 8. The van der Waals surface area contributed by atoms with Gasteiger partial charge in [0.1, 0.15) is 12.4 Å². The standard InChI is InChI=1S/C23H19Br3N2O4/c1-30-20-8-5-16(11-21(20)31-2)23(29)28-27-12-15-9-18(25)22(19(26)10-15)32-13-14-3-6-17(24)7-4-14/h3-12H,13H2,1-2H3,(H,28,29)/b27-12+. The maximum Gasteiger partial charge on any atom is 0.271 e. The van der Waals surface area contributed by atoms with Crippen LogP contribution in [0, 0.1) is 0 Å². The van der Waals surface area contributed by atoms with Gasteiger partial charge in [0.05, 0.1) is 29.4 Å². The zero-order valence-electron chi connectivity index (χ0n) is 17.2. The summed E-state index contributed by atoms with van der Waals surface area (Å²) in [7, 11) is 3.05. The van der Waals surface area contributed by atoms with Gasteiger partial charge in [-0.15, -0.1) is 0 Å². The molecule has 0 saturated heterocycles. The lowest BCUT2D eigenvalue weighted by Crippen LogP contribution is -2.17. The lowest BCUT2D eigenvalue weighted by Gasteiger charge is -2.11. The maximum absolute atomic E-state index is 12.4. The number of halogens is 3. The van der Waals surface area contributed by atoms with Crippen LogP contribution in [0.15, 0.2) is 73.1 Å². The van der Waals surface area contributed by atoms with Gasteiger partial charge >= 0.3 is 0 Å². The van der Waals surface area contributed by atoms with E-state index >= 15 is 0 Å². The number of ether oxygens (including phenoxy) is 3. The van der Waals surface area contributed by atoms with E-state index in [2.05, 4.69) is 58.3 Å². The van der Waals surface area contributed by atoms with E-state index in [-0.39, 0.29) is 5.91 Å². The van der Waals surface area contributed by atoms with E-state index in [0.717, 1.165) is 24.5 Å². The summed E-state index contributed by atoms with van der Waals surface area (Å²) in [4.78, 5) is 12.4. The number of methoxy groups -OCH3 is 2. The van der Waals surface area contributed by atoms with Crippen molar-refractivity contribution in [1.29, 1.82) is 0 Å². The Kier molecular flexibility index (Phi) is 8.72. The number of carbonyl (C=O) groups excluding carboxylic acids is 1. The average molecular weight is 627 g/mol. The smallest absolute Gasteiger partial charge is 0.271 e. The number of hydrogen-bond donors (Lipinski definition) is 1. The lowest BCUT2D eigenvalue weighted by atomic mass is 10.2. The molecule has 0 aromatic heterocycles. The SMILES string of the molecule is COc1ccc(C(=O)N/N=C/c2cc(Br)c(OCc3ccc(Br)cc3)c(Br)c2)cc1OC. The van der Waals surface area contributed by atoms with Crippen molar-refractivity contribution < 1.29 is 19.0 Å². The number of amides is 1. The van der Waals surface area contributed by atoms with Gasteiger partial charge in [-0.05, 0) is 85.5 Å². The van der Waals surface area contributed by atoms with Crippen LogP contribution in [0.5, 0.6) is 17.2 Å². The van der Waals surface area contributed by atoms with Crippen LogP contribution in [-0.2, 0) is 6.61 Å². The van der Waals surface area contributed by atoms with Crippen LogP contribution in [0.3, 0.4) is 0 Å². The highest BCUT2D eigenvalue weighted by Crippen LogP contribution is 2.35. The largest absolute Gasteiger partial charge is 0.493 e. The first kappa shape index (κ1) is 24.3. The number of nitrogens with zero attached hydrogens (tertiary/aromatic N) is 1. The first-order valence-corrected chi connectivity index (χ1v) is 11.7. The van der Waals surface area contributed by atoms with Crippen LogP contribution >= 0.6 is 47.8 Å². The van der Waals surface area contributed by atoms with Gasteiger partial charge in [-0.25, -0.2) is 5.43 Å². The second-order valence-electron chi connectivity index (χ2n) is 6.50. The first-order chi connectivity index (χ1) is 15.4. The number of nitrogens with one attached hydrogen (secondary N) is 1. The highest BCUT2D eigenvalue weighted by atomic mass is 79.9. The third kappa shape index (κ3) is 6.34. The summed E-state index contributed by atoms with van der Waals surface area (Å²) in [5, 5.41) is 4.05. The molecule has 0 aliphatic carbocycles. The van der Waals surface area contributed by atoms with Crippen molar-refractivity contribution in [3.63, 3.8) is 0 Å². The van der Waals surface area contributed by atoms with Gasteiger partial charge in [0.15, 0.2) is 11.5 Å². The molecular formula is C23H19Br3N2O4. The van der Waals surface area contributed by atoms with Gasteiger partial charge in [-0.3, -0.25) is 4.79 Å². The van der Waals surface area contributed by atoms with E-state index in [9.17, 15) is 4.79 Å². The van der Waals surface area contributed by atoms with E-state index in [4.69, 9.17) is 14.2 Å². The fraction of sp³-hybridized carbons (Fsp3) is 0.130. The van der Waals surface area contributed by atoms with Gasteiger partial charge in [-0.2, -0.15) is 5.10 Å². The van der Waals surface area contributed by atoms with Crippen LogP contribution in [0.25, 0.3) is 0 Å². The van der Waals surface area contributed by atoms with Gasteiger partial charge < -0.3 is 14.2 Å². The minimum atomic E-state index is -0.366. The minimum absolute atomic E-state index is 0.366. The molecule has 3 aromatic rings. The molecule has 0 radical (unpaired) electrons. The van der Waals surface area contributed by atoms with Crippen molar-refractivity contribution in [2.75, 3.05) is 14.2 Å². The zero-order valence-corrected chi connectivity index (χ0v) is 22.0. The third-order valence-corrected chi connectivity index (χ3v) is 6.05. The number of hydrazone groups is 1. The molecule has 0 bridgehead atoms. The molecule has 0 aliphatic rings. The van der Waals surface area contributed by atoms with Crippen LogP contribution in [-0.4, -0.2) is 26.3 Å². The van der Waals surface area contributed by atoms with Crippen molar-refractivity contribution in [3.05, 3.63) is 84.7 Å². The third-order valence-electron chi connectivity index (χ3n) is 4.34. The summed E-state index contributed by atoms with van der Waals surface area (Å²) in [6.07, 6.45) is 1.55. The molecule has 9 heteroatoms. The zero-order chi connectivity index (χ0) is 23.1. The highest BCUT2D eigenvalue weighted by Gasteiger charge is 2.11.